The maximum absolute atomic E-state index is 14.1. The molecular formula is C33H32F3N7O2. The van der Waals surface area contributed by atoms with Gasteiger partial charge in [-0.1, -0.05) is 12.1 Å². The van der Waals surface area contributed by atoms with Gasteiger partial charge < -0.3 is 19.5 Å². The van der Waals surface area contributed by atoms with Crippen LogP contribution in [0.4, 0.5) is 18.9 Å². The molecule has 1 aliphatic heterocycles. The van der Waals surface area contributed by atoms with E-state index in [-0.39, 0.29) is 17.7 Å². The van der Waals surface area contributed by atoms with Gasteiger partial charge in [-0.3, -0.25) is 14.7 Å². The summed E-state index contributed by atoms with van der Waals surface area (Å²) in [4.78, 5) is 30.8. The van der Waals surface area contributed by atoms with Crippen LogP contribution in [-0.4, -0.2) is 68.5 Å². The molecule has 6 rings (SSSR count). The van der Waals surface area contributed by atoms with Gasteiger partial charge in [-0.05, 0) is 61.5 Å². The number of rotatable bonds is 7. The number of benzene rings is 2. The van der Waals surface area contributed by atoms with E-state index in [1.54, 1.807) is 36.7 Å². The summed E-state index contributed by atoms with van der Waals surface area (Å²) in [6, 6.07) is 14.3. The van der Waals surface area contributed by atoms with Gasteiger partial charge in [-0.25, -0.2) is 4.98 Å². The number of aromatic nitrogens is 4. The van der Waals surface area contributed by atoms with E-state index in [1.807, 2.05) is 48.8 Å². The summed E-state index contributed by atoms with van der Waals surface area (Å²) in [5, 5.41) is 2.73. The number of halogens is 3. The average molecular weight is 616 g/mol. The van der Waals surface area contributed by atoms with Gasteiger partial charge in [-0.2, -0.15) is 18.2 Å². The van der Waals surface area contributed by atoms with E-state index in [0.717, 1.165) is 30.3 Å². The smallest absolute Gasteiger partial charge is 0.416 e. The molecule has 3 aromatic heterocycles. The first kappa shape index (κ1) is 30.2. The van der Waals surface area contributed by atoms with Crippen molar-refractivity contribution < 1.29 is 22.7 Å². The molecule has 232 valence electrons. The molecule has 1 amide bonds. The van der Waals surface area contributed by atoms with Crippen LogP contribution in [-0.2, 0) is 19.8 Å². The van der Waals surface area contributed by atoms with Gasteiger partial charge in [-0.15, -0.1) is 0 Å². The Balaban J connectivity index is 1.25. The Morgan fingerprint density at radius 3 is 2.53 bits per heavy atom. The van der Waals surface area contributed by atoms with Crippen molar-refractivity contribution >= 4 is 22.6 Å². The van der Waals surface area contributed by atoms with Crippen LogP contribution < -0.4 is 10.1 Å². The number of carbonyl (C=O) groups is 1. The summed E-state index contributed by atoms with van der Waals surface area (Å²) < 4.78 is 50.5. The van der Waals surface area contributed by atoms with Crippen LogP contribution in [0.15, 0.2) is 73.2 Å². The fraction of sp³-hybridized carbons (Fsp3) is 0.273. The number of carbonyl (C=O) groups excluding carboxylic acids is 1. The maximum Gasteiger partial charge on any atom is 0.416 e. The Labute approximate surface area is 258 Å². The average Bonchev–Trinajstić information content (AvgIpc) is 3.40. The molecule has 1 fully saturated rings. The monoisotopic (exact) mass is 615 g/mol. The summed E-state index contributed by atoms with van der Waals surface area (Å²) in [5.74, 6) is 0.510. The number of pyridine rings is 1. The second-order valence-electron chi connectivity index (χ2n) is 11.2. The standard InChI is InChI=1S/C33H32F3N7O2/c1-21-6-9-25(18-28(21)45-32-29-27(10-12-42(29)3)39-30(40-32)23-5-4-11-37-19-23)38-31(44)22-7-8-24(26(17-22)33(34,35)36)20-43-15-13-41(2)14-16-43/h4-12,17-19H,13-16,20H2,1-3H3,(H,38,44). The van der Waals surface area contributed by atoms with Crippen LogP contribution >= 0.6 is 0 Å². The maximum atomic E-state index is 14.1. The van der Waals surface area contributed by atoms with Gasteiger partial charge in [0.1, 0.15) is 11.3 Å². The molecule has 5 aromatic rings. The van der Waals surface area contributed by atoms with Crippen LogP contribution in [0.3, 0.4) is 0 Å². The van der Waals surface area contributed by atoms with Gasteiger partial charge in [0, 0.05) is 81.2 Å². The highest BCUT2D eigenvalue weighted by molar-refractivity contribution is 6.04. The summed E-state index contributed by atoms with van der Waals surface area (Å²) in [5.41, 5.74) is 2.46. The number of alkyl halides is 3. The second-order valence-corrected chi connectivity index (χ2v) is 11.2. The molecule has 1 N–H and O–H groups in total. The minimum absolute atomic E-state index is 0.0880. The Hall–Kier alpha value is -4.81. The highest BCUT2D eigenvalue weighted by atomic mass is 19.4. The number of hydrogen-bond acceptors (Lipinski definition) is 7. The van der Waals surface area contributed by atoms with Crippen LogP contribution in [0.25, 0.3) is 22.4 Å². The molecule has 4 heterocycles. The number of hydrogen-bond donors (Lipinski definition) is 1. The molecule has 9 nitrogen and oxygen atoms in total. The number of nitrogens with zero attached hydrogens (tertiary/aromatic N) is 6. The van der Waals surface area contributed by atoms with E-state index >= 15 is 0 Å². The number of amides is 1. The molecule has 0 atom stereocenters. The van der Waals surface area contributed by atoms with Crippen molar-refractivity contribution in [3.63, 3.8) is 0 Å². The Morgan fingerprint density at radius 1 is 1.00 bits per heavy atom. The van der Waals surface area contributed by atoms with E-state index in [0.29, 0.717) is 47.3 Å². The first-order chi connectivity index (χ1) is 21.5. The number of anilines is 1. The van der Waals surface area contributed by atoms with Gasteiger partial charge >= 0.3 is 6.18 Å². The Bertz CT molecular complexity index is 1850. The van der Waals surface area contributed by atoms with E-state index in [9.17, 15) is 18.0 Å². The minimum atomic E-state index is -4.60. The lowest BCUT2D eigenvalue weighted by molar-refractivity contribution is -0.138. The molecule has 12 heteroatoms. The Kier molecular flexibility index (Phi) is 8.26. The van der Waals surface area contributed by atoms with Crippen LogP contribution in [0.5, 0.6) is 11.6 Å². The van der Waals surface area contributed by atoms with Gasteiger partial charge in [0.2, 0.25) is 5.88 Å². The largest absolute Gasteiger partial charge is 0.437 e. The number of ether oxygens (including phenoxy) is 1. The lowest BCUT2D eigenvalue weighted by Gasteiger charge is -2.33. The lowest BCUT2D eigenvalue weighted by Crippen LogP contribution is -2.44. The van der Waals surface area contributed by atoms with Gasteiger partial charge in [0.15, 0.2) is 5.82 Å². The molecule has 1 aliphatic rings. The van der Waals surface area contributed by atoms with Gasteiger partial charge in [0.25, 0.3) is 5.91 Å². The molecule has 0 bridgehead atoms. The van der Waals surface area contributed by atoms with E-state index in [2.05, 4.69) is 25.2 Å². The minimum Gasteiger partial charge on any atom is -0.437 e. The number of fused-ring (bicyclic) bond motifs is 1. The molecule has 2 aromatic carbocycles. The van der Waals surface area contributed by atoms with Gasteiger partial charge in [0.05, 0.1) is 11.1 Å². The van der Waals surface area contributed by atoms with Crippen molar-refractivity contribution in [1.82, 2.24) is 29.3 Å². The predicted octanol–water partition coefficient (Wildman–Crippen LogP) is 6.15. The predicted molar refractivity (Wildman–Crippen MR) is 165 cm³/mol. The second kappa shape index (κ2) is 12.3. The third kappa shape index (κ3) is 6.66. The summed E-state index contributed by atoms with van der Waals surface area (Å²) in [7, 11) is 3.85. The molecule has 0 saturated carbocycles. The lowest BCUT2D eigenvalue weighted by atomic mass is 10.0. The normalized spacial score (nSPS) is 14.5. The van der Waals surface area contributed by atoms with Crippen LogP contribution in [0.2, 0.25) is 0 Å². The van der Waals surface area contributed by atoms with Crippen molar-refractivity contribution in [3.8, 4) is 23.0 Å². The van der Waals surface area contributed by atoms with Crippen molar-refractivity contribution in [1.29, 1.82) is 0 Å². The van der Waals surface area contributed by atoms with Crippen molar-refractivity contribution in [2.24, 2.45) is 7.05 Å². The first-order valence-corrected chi connectivity index (χ1v) is 14.5. The molecule has 0 unspecified atom stereocenters. The first-order valence-electron chi connectivity index (χ1n) is 14.5. The van der Waals surface area contributed by atoms with Crippen molar-refractivity contribution in [3.05, 3.63) is 95.4 Å². The molecular weight excluding hydrogens is 583 g/mol. The third-order valence-corrected chi connectivity index (χ3v) is 7.93. The summed E-state index contributed by atoms with van der Waals surface area (Å²) >= 11 is 0. The Morgan fingerprint density at radius 2 is 1.80 bits per heavy atom. The molecule has 0 spiro atoms. The zero-order chi connectivity index (χ0) is 31.7. The fourth-order valence-electron chi connectivity index (χ4n) is 5.31. The summed E-state index contributed by atoms with van der Waals surface area (Å²) in [6.45, 7) is 4.98. The topological polar surface area (TPSA) is 88.4 Å². The molecule has 45 heavy (non-hydrogen) atoms. The van der Waals surface area contributed by atoms with Crippen molar-refractivity contribution in [2.45, 2.75) is 19.6 Å². The SMILES string of the molecule is Cc1ccc(NC(=O)c2ccc(CN3CCN(C)CC3)c(C(F)(F)F)c2)cc1Oc1nc(-c2cccnc2)nc2ccn(C)c12. The highest BCUT2D eigenvalue weighted by Crippen LogP contribution is 2.35. The van der Waals surface area contributed by atoms with E-state index in [1.165, 1.54) is 12.1 Å². The van der Waals surface area contributed by atoms with E-state index < -0.39 is 17.6 Å². The van der Waals surface area contributed by atoms with Crippen LogP contribution in [0, 0.1) is 6.92 Å². The summed E-state index contributed by atoms with van der Waals surface area (Å²) in [6.07, 6.45) is 0.586. The quantitative estimate of drug-likeness (QED) is 0.235. The highest BCUT2D eigenvalue weighted by Gasteiger charge is 2.34. The number of aryl methyl sites for hydroxylation is 2. The van der Waals surface area contributed by atoms with Crippen LogP contribution in [0.1, 0.15) is 27.0 Å². The fourth-order valence-corrected chi connectivity index (χ4v) is 5.31. The number of nitrogens with one attached hydrogen (secondary N) is 1. The molecule has 0 aliphatic carbocycles. The number of piperazine rings is 1. The molecule has 0 radical (unpaired) electrons. The zero-order valence-corrected chi connectivity index (χ0v) is 25.1. The van der Waals surface area contributed by atoms with Crippen molar-refractivity contribution in [2.75, 3.05) is 38.5 Å². The zero-order valence-electron chi connectivity index (χ0n) is 25.1. The number of likely N-dealkylation sites (N-methyl/N-ethyl adjacent to an activating group) is 1. The van der Waals surface area contributed by atoms with E-state index in [4.69, 9.17) is 4.74 Å². The third-order valence-electron chi connectivity index (χ3n) is 7.93. The molecule has 1 saturated heterocycles.